The van der Waals surface area contributed by atoms with Gasteiger partial charge in [0.25, 0.3) is 5.78 Å². The fourth-order valence-electron chi connectivity index (χ4n) is 0.764. The molecule has 0 saturated heterocycles. The average Bonchev–Trinajstić information content (AvgIpc) is 2.19. The summed E-state index contributed by atoms with van der Waals surface area (Å²) in [5.41, 5.74) is 0. The molecule has 6 nitrogen and oxygen atoms in total. The summed E-state index contributed by atoms with van der Waals surface area (Å²) >= 11 is 0. The second-order valence-electron chi connectivity index (χ2n) is 2.40. The van der Waals surface area contributed by atoms with Crippen molar-refractivity contribution in [3.63, 3.8) is 0 Å². The highest BCUT2D eigenvalue weighted by molar-refractivity contribution is 6.38. The van der Waals surface area contributed by atoms with Crippen molar-refractivity contribution in [2.24, 2.45) is 5.92 Å². The van der Waals surface area contributed by atoms with Gasteiger partial charge in [0.05, 0.1) is 19.3 Å². The summed E-state index contributed by atoms with van der Waals surface area (Å²) in [6.07, 6.45) is 0. The van der Waals surface area contributed by atoms with Gasteiger partial charge < -0.3 is 9.47 Å². The van der Waals surface area contributed by atoms with Crippen LogP contribution in [0.25, 0.3) is 0 Å². The lowest BCUT2D eigenvalue weighted by Crippen LogP contribution is -2.31. The molecular weight excluding hydrogens is 202 g/mol. The minimum atomic E-state index is -1.73. The number of carbonyl (C=O) groups excluding carboxylic acids is 3. The molecule has 15 heavy (non-hydrogen) atoms. The first-order valence-corrected chi connectivity index (χ1v) is 4.35. The monoisotopic (exact) mass is 213 g/mol. The van der Waals surface area contributed by atoms with E-state index >= 15 is 0 Å². The Morgan fingerprint density at radius 1 is 1.20 bits per heavy atom. The molecule has 1 atom stereocenters. The zero-order valence-corrected chi connectivity index (χ0v) is 8.48. The van der Waals surface area contributed by atoms with Gasteiger partial charge in [-0.25, -0.2) is 4.79 Å². The number of rotatable bonds is 5. The van der Waals surface area contributed by atoms with Crippen LogP contribution in [0.15, 0.2) is 0 Å². The third kappa shape index (κ3) is 3.77. The Kier molecular flexibility index (Phi) is 5.71. The van der Waals surface area contributed by atoms with Gasteiger partial charge in [0, 0.05) is 0 Å². The molecule has 0 radical (unpaired) electrons. The Morgan fingerprint density at radius 2 is 1.73 bits per heavy atom. The van der Waals surface area contributed by atoms with Crippen LogP contribution in [0.3, 0.4) is 0 Å². The largest absolute Gasteiger partial charge is 0.465 e. The third-order valence-electron chi connectivity index (χ3n) is 1.39. The molecule has 0 saturated carbocycles. The number of hydrogen-bond donors (Lipinski definition) is 0. The van der Waals surface area contributed by atoms with Crippen molar-refractivity contribution in [3.8, 4) is 6.07 Å². The Hall–Kier alpha value is -1.90. The van der Waals surface area contributed by atoms with Crippen LogP contribution in [0, 0.1) is 17.2 Å². The number of ether oxygens (including phenoxy) is 2. The van der Waals surface area contributed by atoms with Crippen molar-refractivity contribution in [1.29, 1.82) is 5.26 Å². The molecule has 0 amide bonds. The number of ketones is 1. The third-order valence-corrected chi connectivity index (χ3v) is 1.39. The van der Waals surface area contributed by atoms with Gasteiger partial charge in [0.15, 0.2) is 0 Å². The van der Waals surface area contributed by atoms with Gasteiger partial charge in [-0.2, -0.15) is 5.26 Å². The van der Waals surface area contributed by atoms with Crippen molar-refractivity contribution in [2.75, 3.05) is 13.2 Å². The van der Waals surface area contributed by atoms with E-state index in [0.717, 1.165) is 0 Å². The first kappa shape index (κ1) is 13.1. The maximum Gasteiger partial charge on any atom is 0.376 e. The van der Waals surface area contributed by atoms with Crippen LogP contribution in [0.1, 0.15) is 13.8 Å². The van der Waals surface area contributed by atoms with Crippen LogP contribution >= 0.6 is 0 Å². The lowest BCUT2D eigenvalue weighted by molar-refractivity contribution is -0.160. The van der Waals surface area contributed by atoms with Crippen LogP contribution in [-0.4, -0.2) is 30.9 Å². The summed E-state index contributed by atoms with van der Waals surface area (Å²) in [4.78, 5) is 33.2. The molecule has 0 bridgehead atoms. The van der Waals surface area contributed by atoms with Crippen LogP contribution in [0.5, 0.6) is 0 Å². The fraction of sp³-hybridized carbons (Fsp3) is 0.556. The van der Waals surface area contributed by atoms with Crippen LogP contribution in [0.2, 0.25) is 0 Å². The summed E-state index contributed by atoms with van der Waals surface area (Å²) in [5, 5.41) is 8.53. The number of esters is 2. The maximum absolute atomic E-state index is 11.2. The Labute approximate surface area is 86.8 Å². The topological polar surface area (TPSA) is 93.5 Å². The van der Waals surface area contributed by atoms with Gasteiger partial charge in [0.1, 0.15) is 0 Å². The van der Waals surface area contributed by atoms with Crippen molar-refractivity contribution in [2.45, 2.75) is 13.8 Å². The standard InChI is InChI=1S/C9H11NO5/c1-3-14-8(12)6(5-10)7(11)9(13)15-4-2/h6H,3-4H2,1-2H3/t6-/m0/s1. The summed E-state index contributed by atoms with van der Waals surface area (Å²) in [6, 6.07) is 1.40. The van der Waals surface area contributed by atoms with Gasteiger partial charge in [-0.05, 0) is 13.8 Å². The van der Waals surface area contributed by atoms with Gasteiger partial charge in [-0.3, -0.25) is 9.59 Å². The molecule has 0 aromatic rings. The van der Waals surface area contributed by atoms with Crippen LogP contribution in [-0.2, 0) is 23.9 Å². The minimum Gasteiger partial charge on any atom is -0.465 e. The van der Waals surface area contributed by atoms with Gasteiger partial charge in [-0.1, -0.05) is 0 Å². The number of nitriles is 1. The molecule has 82 valence electrons. The second kappa shape index (κ2) is 6.54. The first-order chi connectivity index (χ1) is 7.08. The quantitative estimate of drug-likeness (QED) is 0.357. The van der Waals surface area contributed by atoms with E-state index in [1.807, 2.05) is 0 Å². The Bertz CT molecular complexity index is 304. The molecule has 0 unspecified atom stereocenters. The molecule has 0 aliphatic rings. The molecule has 0 aromatic heterocycles. The fourth-order valence-corrected chi connectivity index (χ4v) is 0.764. The zero-order chi connectivity index (χ0) is 11.8. The van der Waals surface area contributed by atoms with Crippen molar-refractivity contribution in [3.05, 3.63) is 0 Å². The highest BCUT2D eigenvalue weighted by atomic mass is 16.5. The molecule has 0 rings (SSSR count). The van der Waals surface area contributed by atoms with E-state index in [4.69, 9.17) is 5.26 Å². The van der Waals surface area contributed by atoms with E-state index in [-0.39, 0.29) is 13.2 Å². The predicted octanol–water partition coefficient (Wildman–Crippen LogP) is -0.179. The highest BCUT2D eigenvalue weighted by Gasteiger charge is 2.33. The molecular formula is C9H11NO5. The summed E-state index contributed by atoms with van der Waals surface area (Å²) in [5.74, 6) is -5.16. The van der Waals surface area contributed by atoms with Crippen molar-refractivity contribution < 1.29 is 23.9 Å². The van der Waals surface area contributed by atoms with Crippen LogP contribution < -0.4 is 0 Å². The average molecular weight is 213 g/mol. The van der Waals surface area contributed by atoms with E-state index in [1.165, 1.54) is 19.9 Å². The van der Waals surface area contributed by atoms with E-state index in [1.54, 1.807) is 0 Å². The molecule has 6 heteroatoms. The summed E-state index contributed by atoms with van der Waals surface area (Å²) in [7, 11) is 0. The van der Waals surface area contributed by atoms with Gasteiger partial charge in [-0.15, -0.1) is 0 Å². The molecule has 0 fully saturated rings. The molecule has 0 heterocycles. The zero-order valence-electron chi connectivity index (χ0n) is 8.48. The van der Waals surface area contributed by atoms with Crippen molar-refractivity contribution >= 4 is 17.7 Å². The molecule has 0 aromatic carbocycles. The Balaban J connectivity index is 4.56. The lowest BCUT2D eigenvalue weighted by atomic mass is 10.1. The predicted molar refractivity (Wildman–Crippen MR) is 47.4 cm³/mol. The molecule has 0 N–H and O–H groups in total. The molecule has 0 aliphatic heterocycles. The second-order valence-corrected chi connectivity index (χ2v) is 2.40. The van der Waals surface area contributed by atoms with Crippen molar-refractivity contribution in [1.82, 2.24) is 0 Å². The Morgan fingerprint density at radius 3 is 2.13 bits per heavy atom. The number of nitrogens with zero attached hydrogens (tertiary/aromatic N) is 1. The van der Waals surface area contributed by atoms with Crippen LogP contribution in [0.4, 0.5) is 0 Å². The van der Waals surface area contributed by atoms with E-state index in [2.05, 4.69) is 9.47 Å². The van der Waals surface area contributed by atoms with Gasteiger partial charge >= 0.3 is 11.9 Å². The first-order valence-electron chi connectivity index (χ1n) is 4.35. The number of Topliss-reactive ketones (excluding diaryl/α,β-unsaturated/α-hetero) is 1. The summed E-state index contributed by atoms with van der Waals surface area (Å²) in [6.45, 7) is 3.08. The SMILES string of the molecule is CCOC(=O)C(=O)[C@H](C#N)C(=O)OCC. The number of carbonyl (C=O) groups is 3. The lowest BCUT2D eigenvalue weighted by Gasteiger charge is -2.06. The van der Waals surface area contributed by atoms with E-state index < -0.39 is 23.6 Å². The van der Waals surface area contributed by atoms with Gasteiger partial charge in [0.2, 0.25) is 5.92 Å². The smallest absolute Gasteiger partial charge is 0.376 e. The number of hydrogen-bond acceptors (Lipinski definition) is 6. The molecule has 0 spiro atoms. The minimum absolute atomic E-state index is 0.00550. The molecule has 0 aliphatic carbocycles. The highest BCUT2D eigenvalue weighted by Crippen LogP contribution is 2.02. The van der Waals surface area contributed by atoms with E-state index in [0.29, 0.717) is 0 Å². The summed E-state index contributed by atoms with van der Waals surface area (Å²) < 4.78 is 8.82. The van der Waals surface area contributed by atoms with E-state index in [9.17, 15) is 14.4 Å². The maximum atomic E-state index is 11.2. The normalized spacial score (nSPS) is 11.0.